The van der Waals surface area contributed by atoms with E-state index in [1.807, 2.05) is 0 Å². The number of anilines is 1. The average molecular weight is 455 g/mol. The van der Waals surface area contributed by atoms with Gasteiger partial charge in [0.2, 0.25) is 10.0 Å². The molecule has 166 valence electrons. The first kappa shape index (κ1) is 21.7. The van der Waals surface area contributed by atoms with Crippen LogP contribution in [0, 0.1) is 0 Å². The minimum atomic E-state index is -3.59. The van der Waals surface area contributed by atoms with Gasteiger partial charge >= 0.3 is 5.97 Å². The highest BCUT2D eigenvalue weighted by Crippen LogP contribution is 2.23. The van der Waals surface area contributed by atoms with E-state index in [2.05, 4.69) is 10.3 Å². The Hall–Kier alpha value is -3.50. The second kappa shape index (κ2) is 9.33. The molecule has 4 rings (SSSR count). The fourth-order valence-electron chi connectivity index (χ4n) is 3.35. The minimum absolute atomic E-state index is 0.112. The molecule has 1 aliphatic heterocycles. The Bertz CT molecular complexity index is 1200. The van der Waals surface area contributed by atoms with Gasteiger partial charge in [0, 0.05) is 24.3 Å². The highest BCUT2D eigenvalue weighted by Gasteiger charge is 2.27. The van der Waals surface area contributed by atoms with E-state index in [0.717, 1.165) is 18.4 Å². The predicted octanol–water partition coefficient (Wildman–Crippen LogP) is 2.92. The van der Waals surface area contributed by atoms with Crippen molar-refractivity contribution < 1.29 is 27.2 Å². The van der Waals surface area contributed by atoms with Crippen LogP contribution in [0.5, 0.6) is 0 Å². The summed E-state index contributed by atoms with van der Waals surface area (Å²) in [5.41, 5.74) is 1.34. The summed E-state index contributed by atoms with van der Waals surface area (Å²) in [5.74, 6) is -0.666. The van der Waals surface area contributed by atoms with E-state index in [9.17, 15) is 18.0 Å². The molecule has 1 amide bonds. The Morgan fingerprint density at radius 2 is 1.84 bits per heavy atom. The number of rotatable bonds is 7. The van der Waals surface area contributed by atoms with Gasteiger partial charge in [0.25, 0.3) is 5.91 Å². The number of carbonyl (C=O) groups excluding carboxylic acids is 2. The number of sulfonamides is 1. The number of esters is 1. The molecule has 0 bridgehead atoms. The summed E-state index contributed by atoms with van der Waals surface area (Å²) in [6.07, 6.45) is 4.55. The Labute approximate surface area is 185 Å². The van der Waals surface area contributed by atoms with Crippen molar-refractivity contribution in [2.24, 2.45) is 0 Å². The van der Waals surface area contributed by atoms with E-state index >= 15 is 0 Å². The average Bonchev–Trinajstić information content (AvgIpc) is 3.53. The van der Waals surface area contributed by atoms with Crippen LogP contribution in [0.4, 0.5) is 5.69 Å². The lowest BCUT2D eigenvalue weighted by Gasteiger charge is -2.16. The van der Waals surface area contributed by atoms with Crippen LogP contribution in [-0.4, -0.2) is 49.3 Å². The molecular weight excluding hydrogens is 434 g/mol. The highest BCUT2D eigenvalue weighted by molar-refractivity contribution is 7.89. The Kier molecular flexibility index (Phi) is 6.33. The molecule has 0 atom stereocenters. The Morgan fingerprint density at radius 3 is 2.53 bits per heavy atom. The standard InChI is InChI=1S/C22H21N3O6S/c26-21(14-30-22(27)17-8-6-16(7-9-17)20-13-23-15-31-20)24-18-4-3-5-19(12-18)32(28,29)25-10-1-2-11-25/h3-9,12-13,15H,1-2,10-11,14H2,(H,24,26). The molecule has 10 heteroatoms. The monoisotopic (exact) mass is 455 g/mol. The molecule has 1 N–H and O–H groups in total. The smallest absolute Gasteiger partial charge is 0.338 e. The van der Waals surface area contributed by atoms with Crippen LogP contribution in [0.3, 0.4) is 0 Å². The summed E-state index contributed by atoms with van der Waals surface area (Å²) in [7, 11) is -3.59. The van der Waals surface area contributed by atoms with Gasteiger partial charge < -0.3 is 14.5 Å². The van der Waals surface area contributed by atoms with E-state index in [4.69, 9.17) is 9.15 Å². The van der Waals surface area contributed by atoms with Gasteiger partial charge in [-0.25, -0.2) is 18.2 Å². The second-order valence-corrected chi connectivity index (χ2v) is 9.14. The molecule has 1 fully saturated rings. The molecule has 1 aromatic heterocycles. The van der Waals surface area contributed by atoms with E-state index < -0.39 is 28.5 Å². The zero-order valence-corrected chi connectivity index (χ0v) is 17.9. The fraction of sp³-hybridized carbons (Fsp3) is 0.227. The van der Waals surface area contributed by atoms with Crippen molar-refractivity contribution in [1.82, 2.24) is 9.29 Å². The van der Waals surface area contributed by atoms with E-state index in [1.54, 1.807) is 42.6 Å². The van der Waals surface area contributed by atoms with Crippen molar-refractivity contribution in [3.05, 3.63) is 66.7 Å². The molecule has 0 aliphatic carbocycles. The summed E-state index contributed by atoms with van der Waals surface area (Å²) in [5, 5.41) is 2.56. The normalized spacial score (nSPS) is 14.2. The predicted molar refractivity (Wildman–Crippen MR) is 115 cm³/mol. The molecule has 2 aromatic carbocycles. The third-order valence-electron chi connectivity index (χ3n) is 4.99. The third kappa shape index (κ3) is 4.87. The van der Waals surface area contributed by atoms with Crippen LogP contribution < -0.4 is 5.32 Å². The molecule has 1 aliphatic rings. The van der Waals surface area contributed by atoms with Gasteiger partial charge in [-0.05, 0) is 43.2 Å². The number of hydrogen-bond acceptors (Lipinski definition) is 7. The molecule has 3 aromatic rings. The summed E-state index contributed by atoms with van der Waals surface area (Å²) < 4.78 is 37.0. The van der Waals surface area contributed by atoms with Crippen LogP contribution in [0.15, 0.2) is 70.4 Å². The van der Waals surface area contributed by atoms with Crippen molar-refractivity contribution in [3.8, 4) is 11.3 Å². The molecule has 0 saturated carbocycles. The molecule has 0 radical (unpaired) electrons. The van der Waals surface area contributed by atoms with Crippen LogP contribution >= 0.6 is 0 Å². The number of carbonyl (C=O) groups is 2. The summed E-state index contributed by atoms with van der Waals surface area (Å²) in [6.45, 7) is 0.480. The van der Waals surface area contributed by atoms with Crippen LogP contribution in [-0.2, 0) is 19.6 Å². The number of oxazole rings is 1. The van der Waals surface area contributed by atoms with Gasteiger partial charge in [-0.1, -0.05) is 18.2 Å². The minimum Gasteiger partial charge on any atom is -0.452 e. The van der Waals surface area contributed by atoms with Crippen molar-refractivity contribution in [2.75, 3.05) is 25.0 Å². The molecule has 32 heavy (non-hydrogen) atoms. The Balaban J connectivity index is 1.33. The van der Waals surface area contributed by atoms with E-state index in [0.29, 0.717) is 24.5 Å². The number of aromatic nitrogens is 1. The van der Waals surface area contributed by atoms with Crippen molar-refractivity contribution in [1.29, 1.82) is 0 Å². The highest BCUT2D eigenvalue weighted by atomic mass is 32.2. The SMILES string of the molecule is O=C(COC(=O)c1ccc(-c2cnco2)cc1)Nc1cccc(S(=O)(=O)N2CCCC2)c1. The molecule has 9 nitrogen and oxygen atoms in total. The molecule has 0 unspecified atom stereocenters. The molecule has 0 spiro atoms. The lowest BCUT2D eigenvalue weighted by atomic mass is 10.1. The van der Waals surface area contributed by atoms with Gasteiger partial charge in [0.1, 0.15) is 0 Å². The topological polar surface area (TPSA) is 119 Å². The zero-order valence-electron chi connectivity index (χ0n) is 17.1. The summed E-state index contributed by atoms with van der Waals surface area (Å²) in [4.78, 5) is 28.4. The first-order chi connectivity index (χ1) is 15.4. The number of nitrogens with zero attached hydrogens (tertiary/aromatic N) is 2. The number of ether oxygens (including phenoxy) is 1. The quantitative estimate of drug-likeness (QED) is 0.544. The molecule has 1 saturated heterocycles. The lowest BCUT2D eigenvalue weighted by Crippen LogP contribution is -2.28. The van der Waals surface area contributed by atoms with Crippen LogP contribution in [0.1, 0.15) is 23.2 Å². The first-order valence-corrected chi connectivity index (χ1v) is 11.4. The Morgan fingerprint density at radius 1 is 1.09 bits per heavy atom. The van der Waals surface area contributed by atoms with Gasteiger partial charge in [-0.3, -0.25) is 4.79 Å². The van der Waals surface area contributed by atoms with Crippen LogP contribution in [0.25, 0.3) is 11.3 Å². The second-order valence-electron chi connectivity index (χ2n) is 7.21. The largest absolute Gasteiger partial charge is 0.452 e. The molecular formula is C22H21N3O6S. The van der Waals surface area contributed by atoms with Crippen molar-refractivity contribution in [3.63, 3.8) is 0 Å². The van der Waals surface area contributed by atoms with Crippen molar-refractivity contribution in [2.45, 2.75) is 17.7 Å². The van der Waals surface area contributed by atoms with Crippen LogP contribution in [0.2, 0.25) is 0 Å². The molecule has 2 heterocycles. The fourth-order valence-corrected chi connectivity index (χ4v) is 4.92. The maximum Gasteiger partial charge on any atom is 0.338 e. The summed E-state index contributed by atoms with van der Waals surface area (Å²) >= 11 is 0. The summed E-state index contributed by atoms with van der Waals surface area (Å²) in [6, 6.07) is 12.5. The first-order valence-electron chi connectivity index (χ1n) is 9.99. The maximum absolute atomic E-state index is 12.7. The third-order valence-corrected chi connectivity index (χ3v) is 6.89. The van der Waals surface area contributed by atoms with E-state index in [-0.39, 0.29) is 10.5 Å². The van der Waals surface area contributed by atoms with Gasteiger partial charge in [0.15, 0.2) is 18.8 Å². The van der Waals surface area contributed by atoms with E-state index in [1.165, 1.54) is 22.8 Å². The van der Waals surface area contributed by atoms with Gasteiger partial charge in [0.05, 0.1) is 16.7 Å². The van der Waals surface area contributed by atoms with Gasteiger partial charge in [-0.2, -0.15) is 4.31 Å². The zero-order chi connectivity index (χ0) is 22.6. The number of amides is 1. The number of benzene rings is 2. The maximum atomic E-state index is 12.7. The number of hydrogen-bond donors (Lipinski definition) is 1. The van der Waals surface area contributed by atoms with Crippen molar-refractivity contribution >= 4 is 27.6 Å². The lowest BCUT2D eigenvalue weighted by molar-refractivity contribution is -0.119. The number of nitrogens with one attached hydrogen (secondary N) is 1. The van der Waals surface area contributed by atoms with Gasteiger partial charge in [-0.15, -0.1) is 0 Å².